The minimum Gasteiger partial charge on any atom is -0.492 e. The van der Waals surface area contributed by atoms with Crippen molar-refractivity contribution in [2.75, 3.05) is 13.7 Å². The molecule has 0 spiro atoms. The number of hydrogen-bond donors (Lipinski definition) is 1. The summed E-state index contributed by atoms with van der Waals surface area (Å²) in [6.45, 7) is 2.28. The fourth-order valence-corrected chi connectivity index (χ4v) is 2.65. The summed E-state index contributed by atoms with van der Waals surface area (Å²) >= 11 is 0. The van der Waals surface area contributed by atoms with Crippen molar-refractivity contribution < 1.29 is 9.53 Å². The molecule has 1 aliphatic rings. The first-order valence-electron chi connectivity index (χ1n) is 7.45. The maximum Gasteiger partial charge on any atom is 0.219 e. The standard InChI is InChI=1S/C16H20N4O2/c1-11(21)20(2)13-7-12(8-13)10-22-14-3-4-15(17-9-14)16-5-6-18-19-16/h3-6,9,12-13H,7-8,10H2,1-2H3,(H,18,19)/t12-,13-. The van der Waals surface area contributed by atoms with Crippen LogP contribution in [0.5, 0.6) is 5.75 Å². The molecule has 1 amide bonds. The van der Waals surface area contributed by atoms with Crippen LogP contribution in [0.3, 0.4) is 0 Å². The van der Waals surface area contributed by atoms with Crippen molar-refractivity contribution >= 4 is 5.91 Å². The Kier molecular flexibility index (Phi) is 4.09. The third-order valence-corrected chi connectivity index (χ3v) is 4.25. The zero-order valence-corrected chi connectivity index (χ0v) is 12.8. The van der Waals surface area contributed by atoms with Crippen LogP contribution in [0.1, 0.15) is 19.8 Å². The average molecular weight is 300 g/mol. The van der Waals surface area contributed by atoms with Gasteiger partial charge in [-0.1, -0.05) is 0 Å². The summed E-state index contributed by atoms with van der Waals surface area (Å²) < 4.78 is 5.78. The van der Waals surface area contributed by atoms with Gasteiger partial charge in [-0.15, -0.1) is 0 Å². The van der Waals surface area contributed by atoms with Crippen molar-refractivity contribution in [3.05, 3.63) is 30.6 Å². The van der Waals surface area contributed by atoms with Crippen LogP contribution in [0.25, 0.3) is 11.4 Å². The minimum atomic E-state index is 0.128. The average Bonchev–Trinajstić information content (AvgIpc) is 3.00. The van der Waals surface area contributed by atoms with Crippen LogP contribution in [0.15, 0.2) is 30.6 Å². The lowest BCUT2D eigenvalue weighted by molar-refractivity contribution is -0.132. The number of aromatic amines is 1. The van der Waals surface area contributed by atoms with E-state index in [0.29, 0.717) is 18.6 Å². The molecule has 2 aromatic heterocycles. The van der Waals surface area contributed by atoms with E-state index in [1.807, 2.05) is 30.1 Å². The molecule has 116 valence electrons. The molecule has 1 aliphatic carbocycles. The fourth-order valence-electron chi connectivity index (χ4n) is 2.65. The van der Waals surface area contributed by atoms with Crippen molar-refractivity contribution in [2.45, 2.75) is 25.8 Å². The highest BCUT2D eigenvalue weighted by Gasteiger charge is 2.33. The van der Waals surface area contributed by atoms with Gasteiger partial charge >= 0.3 is 0 Å². The number of pyridine rings is 1. The van der Waals surface area contributed by atoms with Crippen molar-refractivity contribution in [1.29, 1.82) is 0 Å². The molecule has 2 heterocycles. The number of carbonyl (C=O) groups is 1. The summed E-state index contributed by atoms with van der Waals surface area (Å²) in [5, 5.41) is 6.79. The lowest BCUT2D eigenvalue weighted by Crippen LogP contribution is -2.46. The van der Waals surface area contributed by atoms with Crippen molar-refractivity contribution in [1.82, 2.24) is 20.1 Å². The van der Waals surface area contributed by atoms with E-state index in [4.69, 9.17) is 4.74 Å². The second-order valence-corrected chi connectivity index (χ2v) is 5.78. The molecule has 0 radical (unpaired) electrons. The Morgan fingerprint density at radius 3 is 2.82 bits per heavy atom. The van der Waals surface area contributed by atoms with Gasteiger partial charge in [0, 0.05) is 26.2 Å². The zero-order chi connectivity index (χ0) is 15.5. The lowest BCUT2D eigenvalue weighted by atomic mass is 9.80. The lowest BCUT2D eigenvalue weighted by Gasteiger charge is -2.40. The monoisotopic (exact) mass is 300 g/mol. The first kappa shape index (κ1) is 14.6. The van der Waals surface area contributed by atoms with Gasteiger partial charge in [0.25, 0.3) is 0 Å². The Bertz CT molecular complexity index is 618. The Hall–Kier alpha value is -2.37. The molecule has 6 heteroatoms. The molecular weight excluding hydrogens is 280 g/mol. The molecule has 0 bridgehead atoms. The molecular formula is C16H20N4O2. The van der Waals surface area contributed by atoms with Gasteiger partial charge in [-0.3, -0.25) is 14.9 Å². The number of hydrogen-bond acceptors (Lipinski definition) is 4. The maximum absolute atomic E-state index is 11.3. The van der Waals surface area contributed by atoms with Gasteiger partial charge in [-0.25, -0.2) is 0 Å². The zero-order valence-electron chi connectivity index (χ0n) is 12.8. The van der Waals surface area contributed by atoms with Crippen molar-refractivity contribution in [3.63, 3.8) is 0 Å². The summed E-state index contributed by atoms with van der Waals surface area (Å²) in [4.78, 5) is 17.4. The third-order valence-electron chi connectivity index (χ3n) is 4.25. The SMILES string of the molecule is CC(=O)N(C)[C@H]1C[C@H](COc2ccc(-c3ccn[nH]3)nc2)C1. The minimum absolute atomic E-state index is 0.128. The molecule has 2 aromatic rings. The number of carbonyl (C=O) groups excluding carboxylic acids is 1. The third kappa shape index (κ3) is 3.10. The number of amides is 1. The first-order chi connectivity index (χ1) is 10.6. The van der Waals surface area contributed by atoms with E-state index < -0.39 is 0 Å². The van der Waals surface area contributed by atoms with Crippen LogP contribution in [0.2, 0.25) is 0 Å². The van der Waals surface area contributed by atoms with E-state index >= 15 is 0 Å². The highest BCUT2D eigenvalue weighted by molar-refractivity contribution is 5.73. The van der Waals surface area contributed by atoms with Crippen molar-refractivity contribution in [3.8, 4) is 17.1 Å². The van der Waals surface area contributed by atoms with Gasteiger partial charge in [0.05, 0.1) is 24.2 Å². The number of ether oxygens (including phenoxy) is 1. The van der Waals surface area contributed by atoms with Gasteiger partial charge in [0.1, 0.15) is 5.75 Å². The van der Waals surface area contributed by atoms with Gasteiger partial charge in [-0.05, 0) is 37.0 Å². The summed E-state index contributed by atoms with van der Waals surface area (Å²) in [6, 6.07) is 6.08. The molecule has 0 unspecified atom stereocenters. The topological polar surface area (TPSA) is 71.1 Å². The van der Waals surface area contributed by atoms with Crippen LogP contribution in [-0.2, 0) is 4.79 Å². The van der Waals surface area contributed by atoms with Gasteiger partial charge < -0.3 is 9.64 Å². The normalized spacial score (nSPS) is 20.3. The largest absolute Gasteiger partial charge is 0.492 e. The highest BCUT2D eigenvalue weighted by atomic mass is 16.5. The van der Waals surface area contributed by atoms with E-state index in [0.717, 1.165) is 30.0 Å². The molecule has 0 aliphatic heterocycles. The summed E-state index contributed by atoms with van der Waals surface area (Å²) in [5.74, 6) is 1.41. The smallest absolute Gasteiger partial charge is 0.219 e. The highest BCUT2D eigenvalue weighted by Crippen LogP contribution is 2.31. The van der Waals surface area contributed by atoms with Crippen LogP contribution in [0.4, 0.5) is 0 Å². The van der Waals surface area contributed by atoms with Crippen molar-refractivity contribution in [2.24, 2.45) is 5.92 Å². The number of aromatic nitrogens is 3. The van der Waals surface area contributed by atoms with Gasteiger partial charge in [0.2, 0.25) is 5.91 Å². The van der Waals surface area contributed by atoms with Crippen LogP contribution in [-0.4, -0.2) is 45.7 Å². The van der Waals surface area contributed by atoms with E-state index in [1.165, 1.54) is 0 Å². The Morgan fingerprint density at radius 2 is 2.23 bits per heavy atom. The Labute approximate surface area is 129 Å². The predicted octanol–water partition coefficient (Wildman–Crippen LogP) is 2.11. The molecule has 1 fully saturated rings. The molecule has 22 heavy (non-hydrogen) atoms. The quantitative estimate of drug-likeness (QED) is 0.918. The Balaban J connectivity index is 1.46. The number of nitrogens with zero attached hydrogens (tertiary/aromatic N) is 3. The number of rotatable bonds is 5. The fraction of sp³-hybridized carbons (Fsp3) is 0.438. The van der Waals surface area contributed by atoms with Gasteiger partial charge in [0.15, 0.2) is 0 Å². The molecule has 1 saturated carbocycles. The predicted molar refractivity (Wildman–Crippen MR) is 82.3 cm³/mol. The van der Waals surface area contributed by atoms with Gasteiger partial charge in [-0.2, -0.15) is 5.10 Å². The molecule has 3 rings (SSSR count). The number of H-pyrrole nitrogens is 1. The van der Waals surface area contributed by atoms with E-state index in [-0.39, 0.29) is 5.91 Å². The Morgan fingerprint density at radius 1 is 1.41 bits per heavy atom. The van der Waals surface area contributed by atoms with E-state index in [2.05, 4.69) is 15.2 Å². The summed E-state index contributed by atoms with van der Waals surface area (Å²) in [7, 11) is 1.86. The molecule has 6 nitrogen and oxygen atoms in total. The van der Waals surface area contributed by atoms with Crippen LogP contribution >= 0.6 is 0 Å². The second-order valence-electron chi connectivity index (χ2n) is 5.78. The number of nitrogens with one attached hydrogen (secondary N) is 1. The summed E-state index contributed by atoms with van der Waals surface area (Å²) in [5.41, 5.74) is 1.73. The van der Waals surface area contributed by atoms with Crippen LogP contribution < -0.4 is 4.74 Å². The molecule has 0 aromatic carbocycles. The first-order valence-corrected chi connectivity index (χ1v) is 7.45. The molecule has 0 atom stereocenters. The van der Waals surface area contributed by atoms with Crippen LogP contribution in [0, 0.1) is 5.92 Å². The van der Waals surface area contributed by atoms with E-state index in [9.17, 15) is 4.79 Å². The summed E-state index contributed by atoms with van der Waals surface area (Å²) in [6.07, 6.45) is 5.45. The van der Waals surface area contributed by atoms with E-state index in [1.54, 1.807) is 19.3 Å². The molecule has 1 N–H and O–H groups in total. The maximum atomic E-state index is 11.3. The second kappa shape index (κ2) is 6.17. The molecule has 0 saturated heterocycles.